The van der Waals surface area contributed by atoms with Crippen LogP contribution in [-0.2, 0) is 12.8 Å². The molecule has 2 aromatic carbocycles. The van der Waals surface area contributed by atoms with Gasteiger partial charge < -0.3 is 5.11 Å². The van der Waals surface area contributed by atoms with Crippen molar-refractivity contribution < 1.29 is 18.3 Å². The lowest BCUT2D eigenvalue weighted by molar-refractivity contribution is -0.138. The minimum atomic E-state index is -4.49. The summed E-state index contributed by atoms with van der Waals surface area (Å²) in [6.45, 7) is -0.643. The maximum Gasteiger partial charge on any atom is 0.416 e. The zero-order valence-electron chi connectivity index (χ0n) is 9.71. The van der Waals surface area contributed by atoms with E-state index in [1.807, 2.05) is 0 Å². The summed E-state index contributed by atoms with van der Waals surface area (Å²) in [5, 5.41) is 9.48. The number of hydrogen-bond acceptors (Lipinski definition) is 1. The minimum Gasteiger partial charge on any atom is -0.392 e. The second-order valence-electron chi connectivity index (χ2n) is 4.03. The Balaban J connectivity index is 2.52. The molecule has 0 saturated heterocycles. The van der Waals surface area contributed by atoms with Crippen LogP contribution in [0, 0.1) is 0 Å². The predicted octanol–water partition coefficient (Wildman–Crippen LogP) is 4.52. The molecule has 0 radical (unpaired) electrons. The molecule has 1 nitrogen and oxygen atoms in total. The highest BCUT2D eigenvalue weighted by Crippen LogP contribution is 2.35. The maximum absolute atomic E-state index is 12.9. The third-order valence-corrected chi connectivity index (χ3v) is 3.02. The summed E-state index contributed by atoms with van der Waals surface area (Å²) in [6.07, 6.45) is -4.49. The number of aliphatic hydroxyl groups is 1. The summed E-state index contributed by atoms with van der Waals surface area (Å²) in [5.41, 5.74) is 0.119. The van der Waals surface area contributed by atoms with Gasteiger partial charge in [-0.15, -0.1) is 0 Å². The summed E-state index contributed by atoms with van der Waals surface area (Å²) in [5.74, 6) is 0. The molecule has 0 amide bonds. The second-order valence-corrected chi connectivity index (χ2v) is 4.47. The van der Waals surface area contributed by atoms with Gasteiger partial charge in [-0.2, -0.15) is 13.2 Å². The van der Waals surface area contributed by atoms with E-state index in [-0.39, 0.29) is 5.56 Å². The van der Waals surface area contributed by atoms with Crippen molar-refractivity contribution >= 4 is 11.6 Å². The summed E-state index contributed by atoms with van der Waals surface area (Å²) in [4.78, 5) is 0. The first-order valence-electron chi connectivity index (χ1n) is 5.49. The van der Waals surface area contributed by atoms with Crippen LogP contribution < -0.4 is 0 Å². The topological polar surface area (TPSA) is 20.2 Å². The molecule has 0 aliphatic heterocycles. The number of rotatable bonds is 2. The predicted molar refractivity (Wildman–Crippen MR) is 67.8 cm³/mol. The van der Waals surface area contributed by atoms with Gasteiger partial charge in [-0.05, 0) is 34.9 Å². The molecule has 0 heterocycles. The highest BCUT2D eigenvalue weighted by atomic mass is 35.5. The number of alkyl halides is 3. The smallest absolute Gasteiger partial charge is 0.392 e. The molecule has 0 unspecified atom stereocenters. The van der Waals surface area contributed by atoms with Crippen molar-refractivity contribution in [1.29, 1.82) is 0 Å². The van der Waals surface area contributed by atoms with Crippen LogP contribution in [0.4, 0.5) is 13.2 Å². The molecule has 2 rings (SSSR count). The van der Waals surface area contributed by atoms with E-state index in [0.29, 0.717) is 16.1 Å². The molecular weight excluding hydrogens is 277 g/mol. The van der Waals surface area contributed by atoms with Crippen LogP contribution in [0.15, 0.2) is 42.5 Å². The van der Waals surface area contributed by atoms with E-state index in [2.05, 4.69) is 0 Å². The molecule has 0 aliphatic rings. The lowest BCUT2D eigenvalue weighted by Crippen LogP contribution is -2.09. The van der Waals surface area contributed by atoms with Gasteiger partial charge in [-0.3, -0.25) is 0 Å². The fourth-order valence-corrected chi connectivity index (χ4v) is 1.93. The molecule has 5 heteroatoms. The minimum absolute atomic E-state index is 0.134. The van der Waals surface area contributed by atoms with Gasteiger partial charge in [0, 0.05) is 5.02 Å². The first-order valence-corrected chi connectivity index (χ1v) is 5.86. The van der Waals surface area contributed by atoms with E-state index >= 15 is 0 Å². The number of hydrogen-bond donors (Lipinski definition) is 1. The Labute approximate surface area is 113 Å². The van der Waals surface area contributed by atoms with Crippen molar-refractivity contribution in [2.45, 2.75) is 12.8 Å². The van der Waals surface area contributed by atoms with Gasteiger partial charge in [-0.1, -0.05) is 35.9 Å². The third-order valence-electron chi connectivity index (χ3n) is 2.76. The molecule has 0 spiro atoms. The Morgan fingerprint density at radius 2 is 1.53 bits per heavy atom. The van der Waals surface area contributed by atoms with E-state index < -0.39 is 18.3 Å². The average Bonchev–Trinajstić information content (AvgIpc) is 2.38. The second kappa shape index (κ2) is 5.23. The SMILES string of the molecule is OCc1ccc(-c2ccc(Cl)cc2)cc1C(F)(F)F. The van der Waals surface area contributed by atoms with E-state index in [4.69, 9.17) is 16.7 Å². The lowest BCUT2D eigenvalue weighted by Gasteiger charge is -2.13. The molecule has 0 aromatic heterocycles. The first-order chi connectivity index (χ1) is 8.91. The largest absolute Gasteiger partial charge is 0.416 e. The molecule has 19 heavy (non-hydrogen) atoms. The van der Waals surface area contributed by atoms with Crippen LogP contribution in [0.5, 0.6) is 0 Å². The number of benzene rings is 2. The lowest BCUT2D eigenvalue weighted by atomic mass is 9.99. The summed E-state index contributed by atoms with van der Waals surface area (Å²) >= 11 is 5.74. The molecule has 0 bridgehead atoms. The Bertz CT molecular complexity index is 576. The van der Waals surface area contributed by atoms with Crippen molar-refractivity contribution in [3.05, 3.63) is 58.6 Å². The first kappa shape index (κ1) is 13.9. The van der Waals surface area contributed by atoms with Crippen LogP contribution in [0.25, 0.3) is 11.1 Å². The van der Waals surface area contributed by atoms with E-state index in [0.717, 1.165) is 6.07 Å². The van der Waals surface area contributed by atoms with Crippen molar-refractivity contribution in [2.75, 3.05) is 0 Å². The van der Waals surface area contributed by atoms with Crippen LogP contribution in [-0.4, -0.2) is 5.11 Å². The van der Waals surface area contributed by atoms with E-state index in [9.17, 15) is 13.2 Å². The Morgan fingerprint density at radius 3 is 2.05 bits per heavy atom. The Kier molecular flexibility index (Phi) is 3.83. The van der Waals surface area contributed by atoms with Crippen molar-refractivity contribution in [3.8, 4) is 11.1 Å². The number of halogens is 4. The van der Waals surface area contributed by atoms with Crippen molar-refractivity contribution in [1.82, 2.24) is 0 Å². The fourth-order valence-electron chi connectivity index (χ4n) is 1.80. The Hall–Kier alpha value is -1.52. The normalized spacial score (nSPS) is 11.6. The van der Waals surface area contributed by atoms with Gasteiger partial charge in [0.15, 0.2) is 0 Å². The van der Waals surface area contributed by atoms with Crippen LogP contribution in [0.2, 0.25) is 5.02 Å². The molecule has 2 aromatic rings. The van der Waals surface area contributed by atoms with E-state index in [1.165, 1.54) is 6.07 Å². The molecule has 0 fully saturated rings. The molecule has 0 aliphatic carbocycles. The summed E-state index contributed by atoms with van der Waals surface area (Å²) in [7, 11) is 0. The van der Waals surface area contributed by atoms with Gasteiger partial charge in [-0.25, -0.2) is 0 Å². The third kappa shape index (κ3) is 3.08. The van der Waals surface area contributed by atoms with Gasteiger partial charge in [0.05, 0.1) is 12.2 Å². The molecule has 1 N–H and O–H groups in total. The van der Waals surface area contributed by atoms with Crippen molar-refractivity contribution in [3.63, 3.8) is 0 Å². The standard InChI is InChI=1S/C14H10ClF3O/c15-12-5-3-9(4-6-12)10-1-2-11(8-19)13(7-10)14(16,17)18/h1-7,19H,8H2. The quantitative estimate of drug-likeness (QED) is 0.861. The molecule has 100 valence electrons. The van der Waals surface area contributed by atoms with Crippen molar-refractivity contribution in [2.24, 2.45) is 0 Å². The summed E-state index contributed by atoms with van der Waals surface area (Å²) in [6, 6.07) is 10.4. The molecule has 0 saturated carbocycles. The number of aliphatic hydroxyl groups excluding tert-OH is 1. The average molecular weight is 287 g/mol. The van der Waals surface area contributed by atoms with Crippen LogP contribution in [0.1, 0.15) is 11.1 Å². The van der Waals surface area contributed by atoms with Gasteiger partial charge >= 0.3 is 6.18 Å². The Morgan fingerprint density at radius 1 is 0.947 bits per heavy atom. The van der Waals surface area contributed by atoms with Crippen LogP contribution in [0.3, 0.4) is 0 Å². The maximum atomic E-state index is 12.9. The van der Waals surface area contributed by atoms with Gasteiger partial charge in [0.2, 0.25) is 0 Å². The molecular formula is C14H10ClF3O. The van der Waals surface area contributed by atoms with Crippen LogP contribution >= 0.6 is 11.6 Å². The highest BCUT2D eigenvalue weighted by Gasteiger charge is 2.33. The van der Waals surface area contributed by atoms with E-state index in [1.54, 1.807) is 30.3 Å². The fraction of sp³-hybridized carbons (Fsp3) is 0.143. The van der Waals surface area contributed by atoms with Gasteiger partial charge in [0.25, 0.3) is 0 Å². The van der Waals surface area contributed by atoms with Gasteiger partial charge in [0.1, 0.15) is 0 Å². The summed E-state index contributed by atoms with van der Waals surface area (Å²) < 4.78 is 38.6. The zero-order valence-corrected chi connectivity index (χ0v) is 10.5. The highest BCUT2D eigenvalue weighted by molar-refractivity contribution is 6.30. The molecule has 0 atom stereocenters. The zero-order chi connectivity index (χ0) is 14.0. The monoisotopic (exact) mass is 286 g/mol.